The zero-order valence-electron chi connectivity index (χ0n) is 11.9. The van der Waals surface area contributed by atoms with Crippen molar-refractivity contribution in [2.45, 2.75) is 27.2 Å². The van der Waals surface area contributed by atoms with Crippen LogP contribution in [0.3, 0.4) is 0 Å². The molecule has 0 aliphatic carbocycles. The molecule has 0 radical (unpaired) electrons. The summed E-state index contributed by atoms with van der Waals surface area (Å²) >= 11 is 0. The van der Waals surface area contributed by atoms with Crippen LogP contribution in [0.15, 0.2) is 24.3 Å². The van der Waals surface area contributed by atoms with E-state index in [0.29, 0.717) is 19.6 Å². The lowest BCUT2D eigenvalue weighted by atomic mass is 9.92. The molecule has 0 atom stereocenters. The van der Waals surface area contributed by atoms with Crippen LogP contribution in [0.4, 0.5) is 4.39 Å². The fourth-order valence-electron chi connectivity index (χ4n) is 1.91. The van der Waals surface area contributed by atoms with E-state index in [9.17, 15) is 9.18 Å². The lowest BCUT2D eigenvalue weighted by molar-refractivity contribution is 0.0685. The summed E-state index contributed by atoms with van der Waals surface area (Å²) in [6.07, 6.45) is 0.834. The van der Waals surface area contributed by atoms with Gasteiger partial charge in [-0.2, -0.15) is 0 Å². The molecule has 106 valence electrons. The zero-order valence-corrected chi connectivity index (χ0v) is 11.9. The highest BCUT2D eigenvalue weighted by Gasteiger charge is 2.25. The quantitative estimate of drug-likeness (QED) is 0.860. The van der Waals surface area contributed by atoms with Crippen molar-refractivity contribution in [3.05, 3.63) is 35.6 Å². The van der Waals surface area contributed by atoms with Gasteiger partial charge in [0.25, 0.3) is 5.91 Å². The summed E-state index contributed by atoms with van der Waals surface area (Å²) in [5, 5.41) is 0. The van der Waals surface area contributed by atoms with E-state index in [1.165, 1.54) is 12.1 Å². The van der Waals surface area contributed by atoms with Crippen molar-refractivity contribution < 1.29 is 9.18 Å². The number of nitrogens with two attached hydrogens (primary N) is 1. The van der Waals surface area contributed by atoms with E-state index in [1.807, 2.05) is 20.8 Å². The predicted molar refractivity (Wildman–Crippen MR) is 75.4 cm³/mol. The fourth-order valence-corrected chi connectivity index (χ4v) is 1.91. The second kappa shape index (κ2) is 6.66. The lowest BCUT2D eigenvalue weighted by Gasteiger charge is -2.31. The van der Waals surface area contributed by atoms with Crippen LogP contribution in [0.5, 0.6) is 0 Å². The average molecular weight is 266 g/mol. The van der Waals surface area contributed by atoms with Gasteiger partial charge in [0.1, 0.15) is 5.82 Å². The number of hydrogen-bond acceptors (Lipinski definition) is 2. The van der Waals surface area contributed by atoms with Gasteiger partial charge in [-0.05, 0) is 30.5 Å². The fraction of sp³-hybridized carbons (Fsp3) is 0.533. The second-order valence-electron chi connectivity index (χ2n) is 5.57. The standard InChI is InChI=1S/C15H23FN2O/c1-4-9-18(11-15(2,3)10-17)14(19)12-7-5-6-8-13(12)16/h5-8H,4,9-11,17H2,1-3H3. The van der Waals surface area contributed by atoms with Crippen molar-refractivity contribution in [2.24, 2.45) is 11.1 Å². The number of halogens is 1. The molecule has 3 nitrogen and oxygen atoms in total. The Morgan fingerprint density at radius 2 is 2.00 bits per heavy atom. The molecule has 0 spiro atoms. The van der Waals surface area contributed by atoms with Crippen molar-refractivity contribution in [3.8, 4) is 0 Å². The molecule has 2 N–H and O–H groups in total. The van der Waals surface area contributed by atoms with Crippen molar-refractivity contribution in [3.63, 3.8) is 0 Å². The van der Waals surface area contributed by atoms with E-state index in [1.54, 1.807) is 17.0 Å². The minimum Gasteiger partial charge on any atom is -0.338 e. The normalized spacial score (nSPS) is 11.4. The second-order valence-corrected chi connectivity index (χ2v) is 5.57. The van der Waals surface area contributed by atoms with E-state index in [2.05, 4.69) is 0 Å². The number of benzene rings is 1. The molecular formula is C15H23FN2O. The third-order valence-electron chi connectivity index (χ3n) is 3.06. The van der Waals surface area contributed by atoms with Crippen LogP contribution in [-0.2, 0) is 0 Å². The van der Waals surface area contributed by atoms with E-state index in [-0.39, 0.29) is 16.9 Å². The van der Waals surface area contributed by atoms with E-state index >= 15 is 0 Å². The molecule has 0 heterocycles. The molecule has 0 fully saturated rings. The van der Waals surface area contributed by atoms with Crippen LogP contribution in [0.1, 0.15) is 37.6 Å². The first kappa shape index (κ1) is 15.6. The maximum Gasteiger partial charge on any atom is 0.256 e. The SMILES string of the molecule is CCCN(CC(C)(C)CN)C(=O)c1ccccc1F. The molecule has 19 heavy (non-hydrogen) atoms. The number of amides is 1. The number of hydrogen-bond donors (Lipinski definition) is 1. The van der Waals surface area contributed by atoms with Gasteiger partial charge >= 0.3 is 0 Å². The molecule has 1 rings (SSSR count). The van der Waals surface area contributed by atoms with Gasteiger partial charge in [0, 0.05) is 13.1 Å². The van der Waals surface area contributed by atoms with Gasteiger partial charge in [0.15, 0.2) is 0 Å². The summed E-state index contributed by atoms with van der Waals surface area (Å²) in [5.41, 5.74) is 5.67. The summed E-state index contributed by atoms with van der Waals surface area (Å²) in [6.45, 7) is 7.63. The van der Waals surface area contributed by atoms with Crippen molar-refractivity contribution in [2.75, 3.05) is 19.6 Å². The predicted octanol–water partition coefficient (Wildman–Crippen LogP) is 2.66. The van der Waals surface area contributed by atoms with Gasteiger partial charge < -0.3 is 10.6 Å². The minimum absolute atomic E-state index is 0.128. The zero-order chi connectivity index (χ0) is 14.5. The number of nitrogens with zero attached hydrogens (tertiary/aromatic N) is 1. The number of carbonyl (C=O) groups excluding carboxylic acids is 1. The maximum atomic E-state index is 13.7. The average Bonchev–Trinajstić information content (AvgIpc) is 2.38. The summed E-state index contributed by atoms with van der Waals surface area (Å²) in [4.78, 5) is 14.1. The lowest BCUT2D eigenvalue weighted by Crippen LogP contribution is -2.42. The highest BCUT2D eigenvalue weighted by atomic mass is 19.1. The van der Waals surface area contributed by atoms with Crippen molar-refractivity contribution in [1.82, 2.24) is 4.90 Å². The first-order valence-electron chi connectivity index (χ1n) is 6.65. The van der Waals surface area contributed by atoms with Gasteiger partial charge in [0.05, 0.1) is 5.56 Å². The van der Waals surface area contributed by atoms with E-state index < -0.39 is 5.82 Å². The highest BCUT2D eigenvalue weighted by molar-refractivity contribution is 5.94. The molecule has 0 saturated carbocycles. The first-order valence-corrected chi connectivity index (χ1v) is 6.65. The van der Waals surface area contributed by atoms with Crippen LogP contribution < -0.4 is 5.73 Å². The van der Waals surface area contributed by atoms with Crippen LogP contribution >= 0.6 is 0 Å². The van der Waals surface area contributed by atoms with Crippen LogP contribution in [0.25, 0.3) is 0 Å². The summed E-state index contributed by atoms with van der Waals surface area (Å²) in [6, 6.07) is 6.09. The molecule has 1 amide bonds. The first-order chi connectivity index (χ1) is 8.91. The Morgan fingerprint density at radius 1 is 1.37 bits per heavy atom. The third-order valence-corrected chi connectivity index (χ3v) is 3.06. The molecular weight excluding hydrogens is 243 g/mol. The van der Waals surface area contributed by atoms with Crippen molar-refractivity contribution >= 4 is 5.91 Å². The summed E-state index contributed by atoms with van der Waals surface area (Å²) in [7, 11) is 0. The smallest absolute Gasteiger partial charge is 0.256 e. The third kappa shape index (κ3) is 4.31. The van der Waals surface area contributed by atoms with E-state index in [0.717, 1.165) is 6.42 Å². The molecule has 0 bridgehead atoms. The molecule has 0 aliphatic rings. The Kier molecular flexibility index (Phi) is 5.48. The molecule has 0 unspecified atom stereocenters. The molecule has 1 aromatic rings. The van der Waals surface area contributed by atoms with Crippen LogP contribution in [0, 0.1) is 11.2 Å². The van der Waals surface area contributed by atoms with Gasteiger partial charge in [-0.25, -0.2) is 4.39 Å². The monoisotopic (exact) mass is 266 g/mol. The largest absolute Gasteiger partial charge is 0.338 e. The van der Waals surface area contributed by atoms with Crippen LogP contribution in [-0.4, -0.2) is 30.4 Å². The molecule has 0 aromatic heterocycles. The Balaban J connectivity index is 2.93. The Labute approximate surface area is 114 Å². The number of rotatable bonds is 6. The van der Waals surface area contributed by atoms with E-state index in [4.69, 9.17) is 5.73 Å². The van der Waals surface area contributed by atoms with Gasteiger partial charge in [-0.3, -0.25) is 4.79 Å². The van der Waals surface area contributed by atoms with Gasteiger partial charge in [-0.1, -0.05) is 32.9 Å². The summed E-state index contributed by atoms with van der Waals surface area (Å²) in [5.74, 6) is -0.736. The molecule has 1 aromatic carbocycles. The molecule has 4 heteroatoms. The topological polar surface area (TPSA) is 46.3 Å². The highest BCUT2D eigenvalue weighted by Crippen LogP contribution is 2.18. The Bertz CT molecular complexity index is 432. The molecule has 0 saturated heterocycles. The summed E-state index contributed by atoms with van der Waals surface area (Å²) < 4.78 is 13.7. The maximum absolute atomic E-state index is 13.7. The van der Waals surface area contributed by atoms with Gasteiger partial charge in [-0.15, -0.1) is 0 Å². The minimum atomic E-state index is -0.473. The van der Waals surface area contributed by atoms with Crippen molar-refractivity contribution in [1.29, 1.82) is 0 Å². The van der Waals surface area contributed by atoms with Crippen LogP contribution in [0.2, 0.25) is 0 Å². The molecule has 0 aliphatic heterocycles. The van der Waals surface area contributed by atoms with Gasteiger partial charge in [0.2, 0.25) is 0 Å². The number of carbonyl (C=O) groups is 1. The Hall–Kier alpha value is -1.42. The Morgan fingerprint density at radius 3 is 2.53 bits per heavy atom.